The predicted molar refractivity (Wildman–Crippen MR) is 85.8 cm³/mol. The highest BCUT2D eigenvalue weighted by Gasteiger charge is 2.23. The molecule has 7 nitrogen and oxygen atoms in total. The molecule has 1 heterocycles. The average Bonchev–Trinajstić information content (AvgIpc) is 2.36. The van der Waals surface area contributed by atoms with Gasteiger partial charge in [0.25, 0.3) is 0 Å². The van der Waals surface area contributed by atoms with Crippen LogP contribution in [0.4, 0.5) is 16.2 Å². The van der Waals surface area contributed by atoms with Crippen LogP contribution in [0.5, 0.6) is 0 Å². The zero-order valence-electron chi connectivity index (χ0n) is 12.4. The fraction of sp³-hybridized carbons (Fsp3) is 0.500. The molecule has 0 radical (unpaired) electrons. The number of carboxylic acid groups (broad SMARTS) is 1. The van der Waals surface area contributed by atoms with E-state index < -0.39 is 15.9 Å². The van der Waals surface area contributed by atoms with Gasteiger partial charge in [-0.15, -0.1) is 0 Å². The molecular weight excluding hydrogens is 306 g/mol. The van der Waals surface area contributed by atoms with Gasteiger partial charge in [-0.1, -0.05) is 0 Å². The minimum absolute atomic E-state index is 0.0824. The molecule has 122 valence electrons. The predicted octanol–water partition coefficient (Wildman–Crippen LogP) is 1.05. The van der Waals surface area contributed by atoms with Crippen LogP contribution in [-0.2, 0) is 15.6 Å². The Kier molecular flexibility index (Phi) is 4.80. The molecular formula is C14H21N3O4S. The van der Waals surface area contributed by atoms with Gasteiger partial charge in [0.15, 0.2) is 9.84 Å². The number of carbonyl (C=O) groups is 1. The van der Waals surface area contributed by atoms with E-state index in [1.54, 1.807) is 18.2 Å². The zero-order valence-corrected chi connectivity index (χ0v) is 13.3. The van der Waals surface area contributed by atoms with E-state index in [1.165, 1.54) is 6.26 Å². The van der Waals surface area contributed by atoms with E-state index >= 15 is 0 Å². The Morgan fingerprint density at radius 1 is 1.50 bits per heavy atom. The van der Waals surface area contributed by atoms with E-state index in [1.807, 2.05) is 4.90 Å². The second-order valence-electron chi connectivity index (χ2n) is 5.69. The maximum Gasteiger partial charge on any atom is 0.404 e. The first-order chi connectivity index (χ1) is 10.2. The van der Waals surface area contributed by atoms with E-state index in [0.717, 1.165) is 25.1 Å². The highest BCUT2D eigenvalue weighted by Crippen LogP contribution is 2.27. The SMILES string of the molecule is CS(=O)(=O)Cc1cc(N)ccc1N1CCCC(NC(=O)O)C1. The lowest BCUT2D eigenvalue weighted by molar-refractivity contribution is 0.188. The summed E-state index contributed by atoms with van der Waals surface area (Å²) in [4.78, 5) is 12.8. The van der Waals surface area contributed by atoms with Crippen LogP contribution in [-0.4, -0.2) is 45.0 Å². The van der Waals surface area contributed by atoms with Crippen molar-refractivity contribution in [2.75, 3.05) is 30.0 Å². The molecule has 2 rings (SSSR count). The van der Waals surface area contributed by atoms with Crippen molar-refractivity contribution in [3.05, 3.63) is 23.8 Å². The molecule has 0 saturated carbocycles. The zero-order chi connectivity index (χ0) is 16.3. The van der Waals surface area contributed by atoms with Crippen molar-refractivity contribution >= 4 is 27.3 Å². The summed E-state index contributed by atoms with van der Waals surface area (Å²) in [5.74, 6) is -0.0824. The molecule has 1 aliphatic heterocycles. The Balaban J connectivity index is 2.25. The van der Waals surface area contributed by atoms with Crippen molar-refractivity contribution in [2.24, 2.45) is 0 Å². The molecule has 1 fully saturated rings. The first-order valence-corrected chi connectivity index (χ1v) is 9.11. The number of amides is 1. The summed E-state index contributed by atoms with van der Waals surface area (Å²) in [6, 6.07) is 5.05. The number of sulfone groups is 1. The number of nitrogens with one attached hydrogen (secondary N) is 1. The second kappa shape index (κ2) is 6.43. The van der Waals surface area contributed by atoms with E-state index in [2.05, 4.69) is 5.32 Å². The van der Waals surface area contributed by atoms with E-state index in [9.17, 15) is 13.2 Å². The van der Waals surface area contributed by atoms with Gasteiger partial charge in [0.1, 0.15) is 0 Å². The summed E-state index contributed by atoms with van der Waals surface area (Å²) >= 11 is 0. The Morgan fingerprint density at radius 3 is 2.86 bits per heavy atom. The van der Waals surface area contributed by atoms with E-state index in [4.69, 9.17) is 10.8 Å². The van der Waals surface area contributed by atoms with Gasteiger partial charge >= 0.3 is 6.09 Å². The van der Waals surface area contributed by atoms with Gasteiger partial charge in [-0.3, -0.25) is 0 Å². The third-order valence-corrected chi connectivity index (χ3v) is 4.45. The summed E-state index contributed by atoms with van der Waals surface area (Å²) in [7, 11) is -3.18. The van der Waals surface area contributed by atoms with Gasteiger partial charge in [0.2, 0.25) is 0 Å². The first-order valence-electron chi connectivity index (χ1n) is 7.05. The van der Waals surface area contributed by atoms with Crippen LogP contribution in [0.25, 0.3) is 0 Å². The number of nitrogen functional groups attached to an aromatic ring is 1. The fourth-order valence-corrected chi connectivity index (χ4v) is 3.60. The largest absolute Gasteiger partial charge is 0.465 e. The molecule has 0 spiro atoms. The number of hydrogen-bond donors (Lipinski definition) is 3. The highest BCUT2D eigenvalue weighted by atomic mass is 32.2. The second-order valence-corrected chi connectivity index (χ2v) is 7.83. The molecule has 1 aromatic rings. The molecule has 4 N–H and O–H groups in total. The van der Waals surface area contributed by atoms with Crippen LogP contribution in [0.15, 0.2) is 18.2 Å². The van der Waals surface area contributed by atoms with Gasteiger partial charge in [-0.2, -0.15) is 0 Å². The summed E-state index contributed by atoms with van der Waals surface area (Å²) in [6.45, 7) is 1.28. The van der Waals surface area contributed by atoms with E-state index in [0.29, 0.717) is 17.8 Å². The molecule has 8 heteroatoms. The molecule has 1 aliphatic rings. The third kappa shape index (κ3) is 4.52. The molecule has 1 saturated heterocycles. The van der Waals surface area contributed by atoms with Gasteiger partial charge in [-0.25, -0.2) is 13.2 Å². The average molecular weight is 327 g/mol. The number of nitrogens with zero attached hydrogens (tertiary/aromatic N) is 1. The van der Waals surface area contributed by atoms with Crippen LogP contribution in [0.2, 0.25) is 0 Å². The quantitative estimate of drug-likeness (QED) is 0.713. The minimum Gasteiger partial charge on any atom is -0.465 e. The Hall–Kier alpha value is -1.96. The van der Waals surface area contributed by atoms with Gasteiger partial charge < -0.3 is 21.1 Å². The number of rotatable bonds is 4. The lowest BCUT2D eigenvalue weighted by Crippen LogP contribution is -2.47. The van der Waals surface area contributed by atoms with Crippen LogP contribution in [0.3, 0.4) is 0 Å². The molecule has 0 aromatic heterocycles. The van der Waals surface area contributed by atoms with Crippen molar-refractivity contribution < 1.29 is 18.3 Å². The summed E-state index contributed by atoms with van der Waals surface area (Å²) in [5.41, 5.74) is 7.73. The van der Waals surface area contributed by atoms with Crippen LogP contribution in [0, 0.1) is 0 Å². The summed E-state index contributed by atoms with van der Waals surface area (Å²) in [6.07, 6.45) is 1.76. The van der Waals surface area contributed by atoms with Gasteiger partial charge in [0.05, 0.1) is 5.75 Å². The number of hydrogen-bond acceptors (Lipinski definition) is 5. The first kappa shape index (κ1) is 16.4. The molecule has 1 amide bonds. The van der Waals surface area contributed by atoms with Gasteiger partial charge in [0, 0.05) is 36.8 Å². The standard InChI is InChI=1S/C14H21N3O4S/c1-22(20,21)9-10-7-11(15)4-5-13(10)17-6-2-3-12(8-17)16-14(18)19/h4-5,7,12,16H,2-3,6,8-9,15H2,1H3,(H,18,19). The number of anilines is 2. The Bertz CT molecular complexity index is 660. The number of benzene rings is 1. The van der Waals surface area contributed by atoms with Gasteiger partial charge in [-0.05, 0) is 36.6 Å². The van der Waals surface area contributed by atoms with Crippen molar-refractivity contribution in [2.45, 2.75) is 24.6 Å². The van der Waals surface area contributed by atoms with Crippen molar-refractivity contribution in [3.63, 3.8) is 0 Å². The van der Waals surface area contributed by atoms with Crippen molar-refractivity contribution in [1.82, 2.24) is 5.32 Å². The lowest BCUT2D eigenvalue weighted by Gasteiger charge is -2.35. The van der Waals surface area contributed by atoms with Crippen LogP contribution in [0.1, 0.15) is 18.4 Å². The number of nitrogens with two attached hydrogens (primary N) is 1. The van der Waals surface area contributed by atoms with Crippen molar-refractivity contribution in [1.29, 1.82) is 0 Å². The third-order valence-electron chi connectivity index (χ3n) is 3.61. The Labute approximate surface area is 130 Å². The molecule has 1 unspecified atom stereocenters. The number of piperidine rings is 1. The minimum atomic E-state index is -3.18. The molecule has 22 heavy (non-hydrogen) atoms. The maximum absolute atomic E-state index is 11.6. The smallest absolute Gasteiger partial charge is 0.404 e. The summed E-state index contributed by atoms with van der Waals surface area (Å²) in [5, 5.41) is 11.3. The molecule has 0 bridgehead atoms. The molecule has 1 atom stereocenters. The fourth-order valence-electron chi connectivity index (χ4n) is 2.80. The van der Waals surface area contributed by atoms with E-state index in [-0.39, 0.29) is 11.8 Å². The Morgan fingerprint density at radius 2 is 2.23 bits per heavy atom. The highest BCUT2D eigenvalue weighted by molar-refractivity contribution is 7.89. The summed E-state index contributed by atoms with van der Waals surface area (Å²) < 4.78 is 23.2. The monoisotopic (exact) mass is 327 g/mol. The van der Waals surface area contributed by atoms with Crippen LogP contribution < -0.4 is 16.0 Å². The normalized spacial score (nSPS) is 19.0. The lowest BCUT2D eigenvalue weighted by atomic mass is 10.0. The molecule has 1 aromatic carbocycles. The topological polar surface area (TPSA) is 113 Å². The molecule has 0 aliphatic carbocycles. The van der Waals surface area contributed by atoms with Crippen LogP contribution >= 0.6 is 0 Å². The maximum atomic E-state index is 11.6. The van der Waals surface area contributed by atoms with Crippen molar-refractivity contribution in [3.8, 4) is 0 Å².